The van der Waals surface area contributed by atoms with Crippen LogP contribution in [-0.2, 0) is 0 Å². The average Bonchev–Trinajstić information content (AvgIpc) is 3.30. The van der Waals surface area contributed by atoms with E-state index in [2.05, 4.69) is 5.32 Å². The number of carbonyl (C=O) groups excluding carboxylic acids is 3. The molecule has 0 unspecified atom stereocenters. The highest BCUT2D eigenvalue weighted by atomic mass is 32.1. The average molecular weight is 392 g/mol. The summed E-state index contributed by atoms with van der Waals surface area (Å²) in [7, 11) is 0. The van der Waals surface area contributed by atoms with Gasteiger partial charge < -0.3 is 10.4 Å². The lowest BCUT2D eigenvalue weighted by atomic mass is 10.1. The Kier molecular flexibility index (Phi) is 4.25. The molecule has 0 bridgehead atoms. The van der Waals surface area contributed by atoms with Gasteiger partial charge in [-0.2, -0.15) is 0 Å². The maximum absolute atomic E-state index is 12.7. The van der Waals surface area contributed by atoms with E-state index in [0.717, 1.165) is 4.90 Å². The van der Waals surface area contributed by atoms with Gasteiger partial charge in [0.2, 0.25) is 0 Å². The Labute approximate surface area is 162 Å². The number of hydrogen-bond donors (Lipinski definition) is 2. The molecule has 0 aliphatic carbocycles. The van der Waals surface area contributed by atoms with E-state index >= 15 is 0 Å². The Morgan fingerprint density at radius 1 is 0.929 bits per heavy atom. The molecule has 138 valence electrons. The van der Waals surface area contributed by atoms with Crippen LogP contribution >= 0.6 is 11.3 Å². The summed E-state index contributed by atoms with van der Waals surface area (Å²) in [6.45, 7) is 0. The summed E-state index contributed by atoms with van der Waals surface area (Å²) in [5.74, 6) is -2.62. The molecule has 4 rings (SSSR count). The predicted octanol–water partition coefficient (Wildman–Crippen LogP) is 3.50. The van der Waals surface area contributed by atoms with Crippen molar-refractivity contribution < 1.29 is 24.3 Å². The molecule has 1 aliphatic heterocycles. The standard InChI is InChI=1S/C20H12N2O5S/c23-17(16-5-2-8-28-16)21-12-3-1-4-13(10-12)22-18(24)14-7-6-11(20(26)27)9-15(14)19(22)25/h1-10H,(H,21,23)(H,26,27). The molecule has 2 heterocycles. The largest absolute Gasteiger partial charge is 0.478 e. The van der Waals surface area contributed by atoms with E-state index in [9.17, 15) is 19.2 Å². The number of anilines is 2. The maximum Gasteiger partial charge on any atom is 0.335 e. The summed E-state index contributed by atoms with van der Waals surface area (Å²) < 4.78 is 0. The summed E-state index contributed by atoms with van der Waals surface area (Å²) in [6.07, 6.45) is 0. The topological polar surface area (TPSA) is 104 Å². The van der Waals surface area contributed by atoms with Crippen molar-refractivity contribution in [2.45, 2.75) is 0 Å². The minimum Gasteiger partial charge on any atom is -0.478 e. The summed E-state index contributed by atoms with van der Waals surface area (Å²) in [6, 6.07) is 13.6. The van der Waals surface area contributed by atoms with E-state index in [-0.39, 0.29) is 28.3 Å². The number of aromatic carboxylic acids is 1. The molecule has 0 atom stereocenters. The molecule has 0 radical (unpaired) electrons. The number of nitrogens with zero attached hydrogens (tertiary/aromatic N) is 1. The van der Waals surface area contributed by atoms with Crippen LogP contribution in [0.4, 0.5) is 11.4 Å². The highest BCUT2D eigenvalue weighted by Crippen LogP contribution is 2.30. The van der Waals surface area contributed by atoms with Gasteiger partial charge in [0.05, 0.1) is 27.3 Å². The first kappa shape index (κ1) is 17.6. The Hall–Kier alpha value is -3.78. The zero-order valence-electron chi connectivity index (χ0n) is 14.2. The molecule has 2 N–H and O–H groups in total. The Bertz CT molecular complexity index is 1140. The second-order valence-electron chi connectivity index (χ2n) is 5.99. The number of imide groups is 1. The van der Waals surface area contributed by atoms with Crippen molar-refractivity contribution in [3.8, 4) is 0 Å². The van der Waals surface area contributed by atoms with E-state index in [4.69, 9.17) is 5.11 Å². The van der Waals surface area contributed by atoms with Crippen LogP contribution < -0.4 is 10.2 Å². The van der Waals surface area contributed by atoms with Crippen LogP contribution in [0.2, 0.25) is 0 Å². The van der Waals surface area contributed by atoms with Gasteiger partial charge >= 0.3 is 5.97 Å². The molecule has 2 aromatic carbocycles. The van der Waals surface area contributed by atoms with Gasteiger partial charge in [0.1, 0.15) is 0 Å². The summed E-state index contributed by atoms with van der Waals surface area (Å²) >= 11 is 1.30. The summed E-state index contributed by atoms with van der Waals surface area (Å²) in [5.41, 5.74) is 0.824. The first-order valence-corrected chi connectivity index (χ1v) is 9.05. The van der Waals surface area contributed by atoms with Crippen LogP contribution in [-0.4, -0.2) is 28.8 Å². The number of amides is 3. The first-order chi connectivity index (χ1) is 13.5. The minimum atomic E-state index is -1.18. The SMILES string of the molecule is O=C(O)c1ccc2c(c1)C(=O)N(c1cccc(NC(=O)c3cccs3)c1)C2=O. The third kappa shape index (κ3) is 2.95. The number of nitrogens with one attached hydrogen (secondary N) is 1. The number of fused-ring (bicyclic) bond motifs is 1. The molecule has 3 amide bonds. The lowest BCUT2D eigenvalue weighted by molar-refractivity contribution is 0.0696. The number of thiophene rings is 1. The molecule has 1 aliphatic rings. The van der Waals surface area contributed by atoms with Gasteiger partial charge in [-0.05, 0) is 47.8 Å². The number of benzene rings is 2. The number of carbonyl (C=O) groups is 4. The zero-order valence-corrected chi connectivity index (χ0v) is 15.0. The van der Waals surface area contributed by atoms with Crippen molar-refractivity contribution in [3.63, 3.8) is 0 Å². The molecule has 0 spiro atoms. The van der Waals surface area contributed by atoms with Crippen LogP contribution in [0.5, 0.6) is 0 Å². The molecule has 8 heteroatoms. The molecular formula is C20H12N2O5S. The number of hydrogen-bond acceptors (Lipinski definition) is 5. The monoisotopic (exact) mass is 392 g/mol. The zero-order chi connectivity index (χ0) is 19.8. The van der Waals surface area contributed by atoms with Crippen molar-refractivity contribution in [1.82, 2.24) is 0 Å². The van der Waals surface area contributed by atoms with Crippen molar-refractivity contribution in [3.05, 3.63) is 81.5 Å². The lowest BCUT2D eigenvalue weighted by Crippen LogP contribution is -2.29. The molecule has 7 nitrogen and oxygen atoms in total. The van der Waals surface area contributed by atoms with E-state index in [1.807, 2.05) is 0 Å². The number of carboxylic acid groups (broad SMARTS) is 1. The molecule has 1 aromatic heterocycles. The molecule has 0 fully saturated rings. The van der Waals surface area contributed by atoms with E-state index in [0.29, 0.717) is 10.6 Å². The molecule has 28 heavy (non-hydrogen) atoms. The van der Waals surface area contributed by atoms with Crippen LogP contribution in [0.15, 0.2) is 60.0 Å². The van der Waals surface area contributed by atoms with E-state index in [1.165, 1.54) is 35.6 Å². The fourth-order valence-electron chi connectivity index (χ4n) is 2.93. The third-order valence-corrected chi connectivity index (χ3v) is 5.11. The second kappa shape index (κ2) is 6.75. The number of rotatable bonds is 4. The normalized spacial score (nSPS) is 12.8. The minimum absolute atomic E-state index is 0.0397. The Morgan fingerprint density at radius 3 is 2.43 bits per heavy atom. The summed E-state index contributed by atoms with van der Waals surface area (Å²) in [5, 5.41) is 13.6. The summed E-state index contributed by atoms with van der Waals surface area (Å²) in [4.78, 5) is 50.3. The van der Waals surface area contributed by atoms with Gasteiger partial charge in [-0.25, -0.2) is 9.69 Å². The van der Waals surface area contributed by atoms with Gasteiger partial charge in [-0.15, -0.1) is 11.3 Å². The van der Waals surface area contributed by atoms with Crippen molar-refractivity contribution in [1.29, 1.82) is 0 Å². The van der Waals surface area contributed by atoms with Gasteiger partial charge in [0.25, 0.3) is 17.7 Å². The van der Waals surface area contributed by atoms with Gasteiger partial charge in [-0.1, -0.05) is 12.1 Å². The van der Waals surface area contributed by atoms with Crippen molar-refractivity contribution in [2.75, 3.05) is 10.2 Å². The highest BCUT2D eigenvalue weighted by Gasteiger charge is 2.37. The van der Waals surface area contributed by atoms with Crippen molar-refractivity contribution in [2.24, 2.45) is 0 Å². The Morgan fingerprint density at radius 2 is 1.71 bits per heavy atom. The van der Waals surface area contributed by atoms with Crippen LogP contribution in [0.1, 0.15) is 40.7 Å². The fourth-order valence-corrected chi connectivity index (χ4v) is 3.55. The molecule has 3 aromatic rings. The van der Waals surface area contributed by atoms with Crippen LogP contribution in [0.25, 0.3) is 0 Å². The van der Waals surface area contributed by atoms with Gasteiger partial charge in [0.15, 0.2) is 0 Å². The predicted molar refractivity (Wildman–Crippen MR) is 103 cm³/mol. The fraction of sp³-hybridized carbons (Fsp3) is 0. The first-order valence-electron chi connectivity index (χ1n) is 8.17. The smallest absolute Gasteiger partial charge is 0.335 e. The second-order valence-corrected chi connectivity index (χ2v) is 6.94. The highest BCUT2D eigenvalue weighted by molar-refractivity contribution is 7.12. The molecule has 0 saturated carbocycles. The molecular weight excluding hydrogens is 380 g/mol. The lowest BCUT2D eigenvalue weighted by Gasteiger charge is -2.15. The van der Waals surface area contributed by atoms with E-state index in [1.54, 1.807) is 35.7 Å². The van der Waals surface area contributed by atoms with Crippen LogP contribution in [0.3, 0.4) is 0 Å². The third-order valence-electron chi connectivity index (χ3n) is 4.24. The van der Waals surface area contributed by atoms with Gasteiger partial charge in [-0.3, -0.25) is 14.4 Å². The quantitative estimate of drug-likeness (QED) is 0.662. The number of carboxylic acids is 1. The van der Waals surface area contributed by atoms with E-state index < -0.39 is 17.8 Å². The van der Waals surface area contributed by atoms with Gasteiger partial charge in [0, 0.05) is 5.69 Å². The van der Waals surface area contributed by atoms with Crippen LogP contribution in [0, 0.1) is 0 Å². The Balaban J connectivity index is 1.64. The molecule has 0 saturated heterocycles. The van der Waals surface area contributed by atoms with Crippen molar-refractivity contribution >= 4 is 46.4 Å². The maximum atomic E-state index is 12.7.